The molecule has 0 amide bonds. The molecule has 0 unspecified atom stereocenters. The fourth-order valence-corrected chi connectivity index (χ4v) is 1.82. The Morgan fingerprint density at radius 1 is 1.10 bits per heavy atom. The number of pyridine rings is 1. The van der Waals surface area contributed by atoms with Crippen molar-refractivity contribution in [3.8, 4) is 0 Å². The Kier molecular flexibility index (Phi) is 4.85. The minimum absolute atomic E-state index is 0.0681. The van der Waals surface area contributed by atoms with E-state index in [9.17, 15) is 9.18 Å². The van der Waals surface area contributed by atoms with Crippen molar-refractivity contribution in [2.75, 3.05) is 6.61 Å². The summed E-state index contributed by atoms with van der Waals surface area (Å²) in [5, 5.41) is 8.75. The molecule has 1 N–H and O–H groups in total. The fraction of sp³-hybridized carbons (Fsp3) is 0.188. The summed E-state index contributed by atoms with van der Waals surface area (Å²) in [7, 11) is 0. The van der Waals surface area contributed by atoms with Crippen LogP contribution in [0, 0.1) is 5.82 Å². The lowest BCUT2D eigenvalue weighted by atomic mass is 10.1. The van der Waals surface area contributed by atoms with Gasteiger partial charge in [0.1, 0.15) is 5.82 Å². The SMILES string of the molecule is O=c1cc(/C=C/c2ccc(F)cc2)ccn1CCCO. The molecule has 3 nitrogen and oxygen atoms in total. The van der Waals surface area contributed by atoms with Gasteiger partial charge in [-0.25, -0.2) is 4.39 Å². The van der Waals surface area contributed by atoms with Crippen LogP contribution in [0.4, 0.5) is 4.39 Å². The maximum Gasteiger partial charge on any atom is 0.251 e. The number of rotatable bonds is 5. The van der Waals surface area contributed by atoms with Crippen LogP contribution in [-0.4, -0.2) is 16.3 Å². The number of hydrogen-bond donors (Lipinski definition) is 1. The molecule has 0 saturated heterocycles. The molecule has 4 heteroatoms. The van der Waals surface area contributed by atoms with E-state index in [4.69, 9.17) is 5.11 Å². The van der Waals surface area contributed by atoms with E-state index in [1.807, 2.05) is 18.2 Å². The highest BCUT2D eigenvalue weighted by molar-refractivity contribution is 5.69. The highest BCUT2D eigenvalue weighted by Gasteiger charge is 1.96. The van der Waals surface area contributed by atoms with Crippen molar-refractivity contribution in [3.05, 3.63) is 69.9 Å². The molecule has 0 fully saturated rings. The Bertz CT molecular complexity index is 644. The topological polar surface area (TPSA) is 42.2 Å². The van der Waals surface area contributed by atoms with Gasteiger partial charge in [-0.15, -0.1) is 0 Å². The van der Waals surface area contributed by atoms with Crippen molar-refractivity contribution < 1.29 is 9.50 Å². The number of nitrogens with zero attached hydrogens (tertiary/aromatic N) is 1. The first-order chi connectivity index (χ1) is 9.69. The molecule has 0 aliphatic heterocycles. The van der Waals surface area contributed by atoms with Gasteiger partial charge in [-0.2, -0.15) is 0 Å². The van der Waals surface area contributed by atoms with E-state index in [1.165, 1.54) is 18.2 Å². The lowest BCUT2D eigenvalue weighted by molar-refractivity contribution is 0.279. The normalized spacial score (nSPS) is 11.1. The van der Waals surface area contributed by atoms with E-state index >= 15 is 0 Å². The van der Waals surface area contributed by atoms with Crippen molar-refractivity contribution in [1.82, 2.24) is 4.57 Å². The summed E-state index contributed by atoms with van der Waals surface area (Å²) >= 11 is 0. The van der Waals surface area contributed by atoms with Crippen LogP contribution in [0.2, 0.25) is 0 Å². The molecule has 0 saturated carbocycles. The van der Waals surface area contributed by atoms with Crippen LogP contribution >= 0.6 is 0 Å². The van der Waals surface area contributed by atoms with Gasteiger partial charge in [0.2, 0.25) is 0 Å². The van der Waals surface area contributed by atoms with Gasteiger partial charge in [0.25, 0.3) is 5.56 Å². The molecule has 1 aromatic carbocycles. The number of hydrogen-bond acceptors (Lipinski definition) is 2. The van der Waals surface area contributed by atoms with Crippen LogP contribution in [-0.2, 0) is 6.54 Å². The number of aryl methyl sites for hydroxylation is 1. The molecule has 0 spiro atoms. The van der Waals surface area contributed by atoms with Crippen LogP contribution in [0.15, 0.2) is 47.4 Å². The number of aromatic nitrogens is 1. The van der Waals surface area contributed by atoms with Crippen LogP contribution in [0.25, 0.3) is 12.2 Å². The summed E-state index contributed by atoms with van der Waals surface area (Å²) in [6, 6.07) is 9.51. The maximum absolute atomic E-state index is 12.8. The van der Waals surface area contributed by atoms with Gasteiger partial charge in [0.05, 0.1) is 0 Å². The first-order valence-electron chi connectivity index (χ1n) is 6.44. The Hall–Kier alpha value is -2.20. The zero-order valence-corrected chi connectivity index (χ0v) is 11.0. The molecule has 0 bridgehead atoms. The number of halogens is 1. The van der Waals surface area contributed by atoms with Gasteiger partial charge in [-0.05, 0) is 35.7 Å². The zero-order chi connectivity index (χ0) is 14.4. The Balaban J connectivity index is 2.12. The molecule has 2 rings (SSSR count). The first kappa shape index (κ1) is 14.2. The summed E-state index contributed by atoms with van der Waals surface area (Å²) < 4.78 is 14.3. The molecular weight excluding hydrogens is 257 g/mol. The van der Waals surface area contributed by atoms with Crippen molar-refractivity contribution in [2.45, 2.75) is 13.0 Å². The summed E-state index contributed by atoms with van der Waals surface area (Å²) in [5.41, 5.74) is 1.56. The minimum Gasteiger partial charge on any atom is -0.396 e. The molecule has 20 heavy (non-hydrogen) atoms. The summed E-state index contributed by atoms with van der Waals surface area (Å²) in [5.74, 6) is -0.270. The third kappa shape index (κ3) is 3.90. The Morgan fingerprint density at radius 3 is 2.45 bits per heavy atom. The Labute approximate surface area is 116 Å². The van der Waals surface area contributed by atoms with Crippen molar-refractivity contribution >= 4 is 12.2 Å². The summed E-state index contributed by atoms with van der Waals surface area (Å²) in [6.45, 7) is 0.579. The van der Waals surface area contributed by atoms with Gasteiger partial charge >= 0.3 is 0 Å². The second-order valence-electron chi connectivity index (χ2n) is 4.45. The van der Waals surface area contributed by atoms with Crippen molar-refractivity contribution in [1.29, 1.82) is 0 Å². The van der Waals surface area contributed by atoms with E-state index < -0.39 is 0 Å². The smallest absolute Gasteiger partial charge is 0.251 e. The highest BCUT2D eigenvalue weighted by atomic mass is 19.1. The maximum atomic E-state index is 12.8. The van der Waals surface area contributed by atoms with Gasteiger partial charge in [-0.1, -0.05) is 24.3 Å². The van der Waals surface area contributed by atoms with Crippen LogP contribution in [0.3, 0.4) is 0 Å². The van der Waals surface area contributed by atoms with Crippen LogP contribution in [0.5, 0.6) is 0 Å². The van der Waals surface area contributed by atoms with Crippen LogP contribution in [0.1, 0.15) is 17.5 Å². The molecular formula is C16H16FNO2. The predicted octanol–water partition coefficient (Wildman–Crippen LogP) is 2.54. The monoisotopic (exact) mass is 273 g/mol. The first-order valence-corrected chi connectivity index (χ1v) is 6.44. The second-order valence-corrected chi connectivity index (χ2v) is 4.45. The average molecular weight is 273 g/mol. The van der Waals surface area contributed by atoms with E-state index in [2.05, 4.69) is 0 Å². The number of aliphatic hydroxyl groups is 1. The molecule has 1 heterocycles. The van der Waals surface area contributed by atoms with E-state index in [0.717, 1.165) is 11.1 Å². The van der Waals surface area contributed by atoms with Gasteiger partial charge < -0.3 is 9.67 Å². The van der Waals surface area contributed by atoms with Gasteiger partial charge in [0, 0.05) is 25.4 Å². The average Bonchev–Trinajstić information content (AvgIpc) is 2.46. The predicted molar refractivity (Wildman–Crippen MR) is 77.7 cm³/mol. The fourth-order valence-electron chi connectivity index (χ4n) is 1.82. The molecule has 1 aromatic heterocycles. The summed E-state index contributed by atoms with van der Waals surface area (Å²) in [6.07, 6.45) is 5.91. The lowest BCUT2D eigenvalue weighted by Gasteiger charge is -2.04. The Morgan fingerprint density at radius 2 is 1.80 bits per heavy atom. The molecule has 0 atom stereocenters. The zero-order valence-electron chi connectivity index (χ0n) is 11.0. The molecule has 2 aromatic rings. The minimum atomic E-state index is -0.270. The van der Waals surface area contributed by atoms with E-state index in [1.54, 1.807) is 22.9 Å². The van der Waals surface area contributed by atoms with Crippen LogP contribution < -0.4 is 5.56 Å². The number of aliphatic hydroxyl groups excluding tert-OH is 1. The molecule has 0 radical (unpaired) electrons. The highest BCUT2D eigenvalue weighted by Crippen LogP contribution is 2.08. The van der Waals surface area contributed by atoms with Crippen molar-refractivity contribution in [2.24, 2.45) is 0 Å². The third-order valence-corrected chi connectivity index (χ3v) is 2.92. The molecule has 0 aliphatic carbocycles. The third-order valence-electron chi connectivity index (χ3n) is 2.92. The van der Waals surface area contributed by atoms with Gasteiger partial charge in [0.15, 0.2) is 0 Å². The second kappa shape index (κ2) is 6.82. The largest absolute Gasteiger partial charge is 0.396 e. The molecule has 0 aliphatic rings. The van der Waals surface area contributed by atoms with Crippen molar-refractivity contribution in [3.63, 3.8) is 0 Å². The van der Waals surface area contributed by atoms with E-state index in [0.29, 0.717) is 13.0 Å². The lowest BCUT2D eigenvalue weighted by Crippen LogP contribution is -2.19. The van der Waals surface area contributed by atoms with Gasteiger partial charge in [-0.3, -0.25) is 4.79 Å². The molecule has 104 valence electrons. The van der Waals surface area contributed by atoms with E-state index in [-0.39, 0.29) is 18.0 Å². The summed E-state index contributed by atoms with van der Waals surface area (Å²) in [4.78, 5) is 11.8. The standard InChI is InChI=1S/C16H16FNO2/c17-15-6-4-13(5-7-15)2-3-14-8-10-18(9-1-11-19)16(20)12-14/h2-8,10,12,19H,1,9,11H2/b3-2+. The number of benzene rings is 1. The quantitative estimate of drug-likeness (QED) is 0.909.